The summed E-state index contributed by atoms with van der Waals surface area (Å²) >= 11 is 0.911. The third-order valence-electron chi connectivity index (χ3n) is 4.65. The Morgan fingerprint density at radius 3 is 2.67 bits per heavy atom. The summed E-state index contributed by atoms with van der Waals surface area (Å²) in [5, 5.41) is 16.2. The summed E-state index contributed by atoms with van der Waals surface area (Å²) in [5.74, 6) is -1.76. The number of amides is 2. The van der Waals surface area contributed by atoms with Crippen LogP contribution in [-0.4, -0.2) is 45.9 Å². The molecule has 0 unspecified atom stereocenters. The monoisotopic (exact) mass is 473 g/mol. The van der Waals surface area contributed by atoms with Crippen LogP contribution in [0.15, 0.2) is 29.3 Å². The maximum absolute atomic E-state index is 12.7. The minimum atomic E-state index is -0.692. The second-order valence-corrected chi connectivity index (χ2v) is 7.76. The summed E-state index contributed by atoms with van der Waals surface area (Å²) in [5.41, 5.74) is -0.232. The van der Waals surface area contributed by atoms with E-state index in [0.717, 1.165) is 22.2 Å². The van der Waals surface area contributed by atoms with Gasteiger partial charge in [-0.1, -0.05) is 0 Å². The molecule has 0 fully saturated rings. The predicted molar refractivity (Wildman–Crippen MR) is 120 cm³/mol. The first-order valence-electron chi connectivity index (χ1n) is 9.63. The molecule has 2 amide bonds. The third-order valence-corrected chi connectivity index (χ3v) is 5.85. The standard InChI is InChI=1S/C20H19N5O7S/c1-4-32-20(29)15-10(2)16(17(27)21-3)33-18(15)23-14(26)8-24-9-22-13-7-11(25(30)31)5-6-12(13)19(24)28/h5-7,9H,4,8H2,1-3H3,(H,21,27)(H,23,26). The molecular formula is C20H19N5O7S. The highest BCUT2D eigenvalue weighted by Gasteiger charge is 2.26. The van der Waals surface area contributed by atoms with Gasteiger partial charge >= 0.3 is 5.97 Å². The number of nitro benzene ring substituents is 1. The molecule has 0 aliphatic rings. The zero-order valence-electron chi connectivity index (χ0n) is 17.8. The first-order valence-corrected chi connectivity index (χ1v) is 10.5. The van der Waals surface area contributed by atoms with E-state index in [0.29, 0.717) is 5.56 Å². The van der Waals surface area contributed by atoms with Crippen molar-refractivity contribution in [3.63, 3.8) is 0 Å². The second kappa shape index (κ2) is 9.56. The molecular weight excluding hydrogens is 454 g/mol. The number of benzene rings is 1. The van der Waals surface area contributed by atoms with E-state index in [2.05, 4.69) is 15.6 Å². The number of hydrogen-bond acceptors (Lipinski definition) is 9. The minimum Gasteiger partial charge on any atom is -0.462 e. The molecule has 13 heteroatoms. The molecule has 3 rings (SSSR count). The van der Waals surface area contributed by atoms with Gasteiger partial charge in [-0.15, -0.1) is 11.3 Å². The van der Waals surface area contributed by atoms with Crippen LogP contribution in [0.3, 0.4) is 0 Å². The van der Waals surface area contributed by atoms with Gasteiger partial charge in [0.1, 0.15) is 11.5 Å². The van der Waals surface area contributed by atoms with Crippen molar-refractivity contribution < 1.29 is 24.0 Å². The van der Waals surface area contributed by atoms with E-state index < -0.39 is 34.8 Å². The van der Waals surface area contributed by atoms with Crippen LogP contribution in [-0.2, 0) is 16.1 Å². The average Bonchev–Trinajstić information content (AvgIpc) is 3.10. The topological polar surface area (TPSA) is 163 Å². The lowest BCUT2D eigenvalue weighted by Crippen LogP contribution is -2.28. The molecule has 0 bridgehead atoms. The van der Waals surface area contributed by atoms with E-state index in [1.165, 1.54) is 25.2 Å². The zero-order valence-corrected chi connectivity index (χ0v) is 18.6. The number of nitrogens with zero attached hydrogens (tertiary/aromatic N) is 3. The lowest BCUT2D eigenvalue weighted by molar-refractivity contribution is -0.384. The number of carbonyl (C=O) groups excluding carboxylic acids is 3. The van der Waals surface area contributed by atoms with Gasteiger partial charge in [-0.2, -0.15) is 0 Å². The molecule has 33 heavy (non-hydrogen) atoms. The van der Waals surface area contributed by atoms with Crippen LogP contribution in [0.1, 0.15) is 32.5 Å². The molecule has 0 atom stereocenters. The van der Waals surface area contributed by atoms with Gasteiger partial charge in [0.05, 0.1) is 39.2 Å². The Kier molecular flexibility index (Phi) is 6.82. The van der Waals surface area contributed by atoms with E-state index in [-0.39, 0.29) is 38.6 Å². The fraction of sp³-hybridized carbons (Fsp3) is 0.250. The molecule has 0 radical (unpaired) electrons. The van der Waals surface area contributed by atoms with Crippen molar-refractivity contribution in [1.82, 2.24) is 14.9 Å². The van der Waals surface area contributed by atoms with Crippen molar-refractivity contribution in [3.05, 3.63) is 61.0 Å². The molecule has 1 aromatic carbocycles. The number of nitro groups is 1. The lowest BCUT2D eigenvalue weighted by atomic mass is 10.1. The number of esters is 1. The highest BCUT2D eigenvalue weighted by atomic mass is 32.1. The Bertz CT molecular complexity index is 1340. The molecule has 2 aromatic heterocycles. The van der Waals surface area contributed by atoms with Gasteiger partial charge in [-0.25, -0.2) is 9.78 Å². The number of hydrogen-bond donors (Lipinski definition) is 2. The number of thiophene rings is 1. The largest absolute Gasteiger partial charge is 0.462 e. The van der Waals surface area contributed by atoms with Crippen LogP contribution in [0.25, 0.3) is 10.9 Å². The van der Waals surface area contributed by atoms with Gasteiger partial charge in [0.15, 0.2) is 0 Å². The second-order valence-electron chi connectivity index (χ2n) is 6.74. The van der Waals surface area contributed by atoms with Crippen molar-refractivity contribution in [2.45, 2.75) is 20.4 Å². The summed E-state index contributed by atoms with van der Waals surface area (Å²) < 4.78 is 6.08. The number of ether oxygens (including phenoxy) is 1. The van der Waals surface area contributed by atoms with Crippen molar-refractivity contribution in [3.8, 4) is 0 Å². The predicted octanol–water partition coefficient (Wildman–Crippen LogP) is 1.85. The quantitative estimate of drug-likeness (QED) is 0.298. The molecule has 2 N–H and O–H groups in total. The zero-order chi connectivity index (χ0) is 24.3. The maximum Gasteiger partial charge on any atom is 0.341 e. The number of fused-ring (bicyclic) bond motifs is 1. The summed E-state index contributed by atoms with van der Waals surface area (Å²) in [6.07, 6.45) is 1.11. The number of non-ortho nitro benzene ring substituents is 1. The third kappa shape index (κ3) is 4.72. The van der Waals surface area contributed by atoms with E-state index in [9.17, 15) is 29.3 Å². The van der Waals surface area contributed by atoms with Crippen LogP contribution >= 0.6 is 11.3 Å². The number of carbonyl (C=O) groups is 3. The molecule has 0 saturated heterocycles. The Labute approximate surface area is 190 Å². The van der Waals surface area contributed by atoms with Gasteiger partial charge in [-0.05, 0) is 25.5 Å². The Morgan fingerprint density at radius 2 is 2.03 bits per heavy atom. The first kappa shape index (κ1) is 23.5. The molecule has 0 saturated carbocycles. The normalized spacial score (nSPS) is 10.6. The molecule has 0 aliphatic carbocycles. The Balaban J connectivity index is 1.91. The van der Waals surface area contributed by atoms with Crippen LogP contribution in [0, 0.1) is 17.0 Å². The molecule has 12 nitrogen and oxygen atoms in total. The molecule has 172 valence electrons. The van der Waals surface area contributed by atoms with Crippen molar-refractivity contribution in [2.75, 3.05) is 19.0 Å². The van der Waals surface area contributed by atoms with Crippen molar-refractivity contribution in [1.29, 1.82) is 0 Å². The molecule has 3 aromatic rings. The first-order chi connectivity index (χ1) is 15.7. The van der Waals surface area contributed by atoms with Crippen LogP contribution < -0.4 is 16.2 Å². The maximum atomic E-state index is 12.7. The van der Waals surface area contributed by atoms with Crippen LogP contribution in [0.5, 0.6) is 0 Å². The van der Waals surface area contributed by atoms with E-state index in [1.54, 1.807) is 13.8 Å². The number of aromatic nitrogens is 2. The van der Waals surface area contributed by atoms with Gasteiger partial charge in [0, 0.05) is 19.2 Å². The average molecular weight is 473 g/mol. The van der Waals surface area contributed by atoms with Crippen LogP contribution in [0.4, 0.5) is 10.7 Å². The highest BCUT2D eigenvalue weighted by Crippen LogP contribution is 2.33. The van der Waals surface area contributed by atoms with E-state index in [4.69, 9.17) is 4.74 Å². The van der Waals surface area contributed by atoms with Crippen LogP contribution in [0.2, 0.25) is 0 Å². The summed E-state index contributed by atoms with van der Waals surface area (Å²) in [6, 6.07) is 3.62. The summed E-state index contributed by atoms with van der Waals surface area (Å²) in [7, 11) is 1.44. The van der Waals surface area contributed by atoms with E-state index in [1.807, 2.05) is 0 Å². The SMILES string of the molecule is CCOC(=O)c1c(NC(=O)Cn2cnc3cc([N+](=O)[O-])ccc3c2=O)sc(C(=O)NC)c1C. The fourth-order valence-corrected chi connectivity index (χ4v) is 4.23. The molecule has 2 heterocycles. The van der Waals surface area contributed by atoms with Gasteiger partial charge in [0.25, 0.3) is 17.2 Å². The van der Waals surface area contributed by atoms with Gasteiger partial charge < -0.3 is 15.4 Å². The number of anilines is 1. The number of rotatable bonds is 7. The minimum absolute atomic E-state index is 0.0603. The molecule has 0 spiro atoms. The van der Waals surface area contributed by atoms with Crippen molar-refractivity contribution in [2.24, 2.45) is 0 Å². The van der Waals surface area contributed by atoms with Gasteiger partial charge in [0.2, 0.25) is 5.91 Å². The lowest BCUT2D eigenvalue weighted by Gasteiger charge is -2.09. The summed E-state index contributed by atoms with van der Waals surface area (Å²) in [4.78, 5) is 64.5. The van der Waals surface area contributed by atoms with Gasteiger partial charge in [-0.3, -0.25) is 29.1 Å². The highest BCUT2D eigenvalue weighted by molar-refractivity contribution is 7.18. The number of nitrogens with one attached hydrogen (secondary N) is 2. The Hall–Kier alpha value is -4.13. The smallest absolute Gasteiger partial charge is 0.341 e. The van der Waals surface area contributed by atoms with E-state index >= 15 is 0 Å². The van der Waals surface area contributed by atoms with Crippen molar-refractivity contribution >= 4 is 50.7 Å². The molecule has 0 aliphatic heterocycles. The summed E-state index contributed by atoms with van der Waals surface area (Å²) in [6.45, 7) is 2.87. The Morgan fingerprint density at radius 1 is 1.30 bits per heavy atom. The fourth-order valence-electron chi connectivity index (χ4n) is 3.07.